The first-order valence-corrected chi connectivity index (χ1v) is 47.5. The first kappa shape index (κ1) is 77.8. The van der Waals surface area contributed by atoms with Gasteiger partial charge in [0.25, 0.3) is 33.6 Å². The summed E-state index contributed by atoms with van der Waals surface area (Å²) in [5.74, 6) is 62.8. The van der Waals surface area contributed by atoms with E-state index in [1.807, 2.05) is 0 Å². The second kappa shape index (κ2) is 35.6. The summed E-state index contributed by atoms with van der Waals surface area (Å²) in [5.41, 5.74) is 12.2. The quantitative estimate of drug-likeness (QED) is 0.0709. The molecule has 0 bridgehead atoms. The third-order valence-electron chi connectivity index (χ3n) is 19.5. The summed E-state index contributed by atoms with van der Waals surface area (Å²) in [6.07, 6.45) is 0. The van der Waals surface area contributed by atoms with Crippen molar-refractivity contribution in [3.63, 3.8) is 0 Å². The van der Waals surface area contributed by atoms with Crippen LogP contribution in [0.1, 0.15) is 125 Å². The van der Waals surface area contributed by atoms with Crippen molar-refractivity contribution in [2.45, 2.75) is 267 Å². The molecule has 0 heterocycles. The molecule has 0 spiro atoms. The molecule has 84 heavy (non-hydrogen) atoms. The average molecular weight is 1240 g/mol. The van der Waals surface area contributed by atoms with Crippen LogP contribution < -0.4 is 0 Å². The number of ether oxygens (including phenoxy) is 6. The Morgan fingerprint density at radius 1 is 0.190 bits per heavy atom. The van der Waals surface area contributed by atoms with Crippen LogP contribution in [-0.4, -0.2) is 125 Å². The molecule has 0 aromatic carbocycles. The van der Waals surface area contributed by atoms with Crippen molar-refractivity contribution in [2.24, 2.45) is 0 Å². The highest BCUT2D eigenvalue weighted by Crippen LogP contribution is 2.28. The van der Waals surface area contributed by atoms with Crippen LogP contribution in [0.5, 0.6) is 0 Å². The third kappa shape index (κ3) is 19.9. The van der Waals surface area contributed by atoms with Crippen molar-refractivity contribution in [3.05, 3.63) is 0 Å². The molecule has 1 aliphatic carbocycles. The van der Waals surface area contributed by atoms with Crippen molar-refractivity contribution < 1.29 is 28.4 Å². The molecular weight excluding hydrogens is 1130 g/mol. The largest absolute Gasteiger partial charge is 0.345 e. The van der Waals surface area contributed by atoms with Gasteiger partial charge in [-0.3, -0.25) is 0 Å². The molecule has 0 saturated carbocycles. The minimum atomic E-state index is -2.17. The molecule has 0 aliphatic heterocycles. The van der Waals surface area contributed by atoms with Gasteiger partial charge in [-0.1, -0.05) is 125 Å². The van der Waals surface area contributed by atoms with E-state index in [-0.39, 0.29) is 0 Å². The van der Waals surface area contributed by atoms with Crippen LogP contribution in [0.4, 0.5) is 0 Å². The van der Waals surface area contributed by atoms with Gasteiger partial charge in [0, 0.05) is 42.7 Å². The highest BCUT2D eigenvalue weighted by Gasteiger charge is 2.38. The van der Waals surface area contributed by atoms with Gasteiger partial charge >= 0.3 is 0 Å². The van der Waals surface area contributed by atoms with E-state index in [1.165, 1.54) is 0 Å². The maximum atomic E-state index is 6.56. The molecular formula is C72H108O6Si6. The van der Waals surface area contributed by atoms with Gasteiger partial charge in [0.15, 0.2) is 0 Å². The normalized spacial score (nSPS) is 23.1. The van der Waals surface area contributed by atoms with Gasteiger partial charge in [0.1, 0.15) is 48.4 Å². The lowest BCUT2D eigenvalue weighted by atomic mass is 9.95. The molecule has 0 fully saturated rings. The van der Waals surface area contributed by atoms with Crippen LogP contribution in [0.25, 0.3) is 0 Å². The van der Waals surface area contributed by atoms with Crippen molar-refractivity contribution in [2.75, 3.05) is 42.7 Å². The zero-order valence-electron chi connectivity index (χ0n) is 57.2. The topological polar surface area (TPSA) is 55.4 Å². The first-order chi connectivity index (χ1) is 39.9. The Morgan fingerprint density at radius 2 is 0.274 bits per heavy atom. The van der Waals surface area contributed by atoms with Crippen LogP contribution in [0.15, 0.2) is 0 Å². The lowest BCUT2D eigenvalue weighted by Gasteiger charge is -2.25. The summed E-state index contributed by atoms with van der Waals surface area (Å²) in [6, 6.07) is 16.9. The Morgan fingerprint density at radius 3 is 0.333 bits per heavy atom. The van der Waals surface area contributed by atoms with Crippen LogP contribution >= 0.6 is 0 Å². The molecule has 12 heteroatoms. The molecule has 0 saturated heterocycles. The molecule has 1 rings (SSSR count). The molecule has 0 aromatic rings. The fourth-order valence-electron chi connectivity index (χ4n) is 9.95. The summed E-state index contributed by atoms with van der Waals surface area (Å²) < 4.78 is 39.4. The second-order valence-corrected chi connectivity index (χ2v) is 51.9. The summed E-state index contributed by atoms with van der Waals surface area (Å²) in [6.45, 7) is 39.9. The summed E-state index contributed by atoms with van der Waals surface area (Å²) in [7, 11) is -3.52. The lowest BCUT2D eigenvalue weighted by Crippen LogP contribution is -2.37. The summed E-state index contributed by atoms with van der Waals surface area (Å²) >= 11 is 0. The van der Waals surface area contributed by atoms with E-state index in [1.54, 1.807) is 42.7 Å². The van der Waals surface area contributed by atoms with Gasteiger partial charge in [-0.2, -0.15) is 0 Å². The van der Waals surface area contributed by atoms with Gasteiger partial charge in [0.05, 0.1) is 0 Å². The van der Waals surface area contributed by atoms with Gasteiger partial charge in [-0.25, -0.2) is 0 Å². The molecule has 0 aromatic heterocycles. The van der Waals surface area contributed by atoms with E-state index < -0.39 is 82.0 Å². The standard InChI is InChI=1S/C72H108O6Si6/c1-25-79(26-2,27-3)61-55-67(73-19)43-45-68(74-20,56-62-80(28-4,29-5)30-6)47-49-70(76-22,58-64-82(34-10,35-11)36-12)51-53-72(78-24,60-66-84(40-16,41-17)42-18)54-52-71(77-23,59-65-83(37-13,38-14)39-15)50-48-69(75-21,46-44-67)57-63-81(31-7,32-8)33-9/h25-42H2,1-24H3. The Labute approximate surface area is 523 Å². The molecule has 0 amide bonds. The van der Waals surface area contributed by atoms with E-state index in [9.17, 15) is 0 Å². The molecule has 0 atom stereocenters. The summed E-state index contributed by atoms with van der Waals surface area (Å²) in [4.78, 5) is 0. The number of rotatable bonds is 24. The zero-order chi connectivity index (χ0) is 63.9. The van der Waals surface area contributed by atoms with Crippen LogP contribution in [0, 0.1) is 140 Å². The fraction of sp³-hybridized carbons (Fsp3) is 0.667. The van der Waals surface area contributed by atoms with Crippen molar-refractivity contribution >= 4 is 48.4 Å². The molecule has 1 aliphatic rings. The monoisotopic (exact) mass is 1240 g/mol. The molecule has 456 valence electrons. The maximum absolute atomic E-state index is 6.56. The number of methoxy groups -OCH3 is 6. The second-order valence-electron chi connectivity index (χ2n) is 22.4. The smallest absolute Gasteiger partial charge is 0.253 e. The highest BCUT2D eigenvalue weighted by atomic mass is 28.3. The summed E-state index contributed by atoms with van der Waals surface area (Å²) in [5, 5.41) is 0. The van der Waals surface area contributed by atoms with Crippen LogP contribution in [0.2, 0.25) is 109 Å². The predicted octanol–water partition coefficient (Wildman–Crippen LogP) is 14.6. The average Bonchev–Trinajstić information content (AvgIpc) is 3.71. The minimum absolute atomic E-state index is 0.939. The minimum Gasteiger partial charge on any atom is -0.345 e. The van der Waals surface area contributed by atoms with E-state index in [0.717, 1.165) is 109 Å². The first-order valence-electron chi connectivity index (χ1n) is 31.8. The van der Waals surface area contributed by atoms with Gasteiger partial charge in [-0.05, 0) is 215 Å². The Bertz CT molecular complexity index is 2350. The Kier molecular flexibility index (Phi) is 32.9. The number of hydrogen-bond donors (Lipinski definition) is 0. The third-order valence-corrected chi connectivity index (χ3v) is 47.8. The van der Waals surface area contributed by atoms with Gasteiger partial charge < -0.3 is 28.4 Å². The SMILES string of the molecule is CC[Si](C#CC1(OC)C#CC(C#C[Si](CC)(CC)CC)(OC)C#CC(C#C[Si](CC)(CC)CC)(OC)C#CC(C#C[Si](CC)(CC)CC)(OC)C#CC(C#C[Si](CC)(CC)CC)(OC)C#CC(C#C[Si](CC)(CC)CC)(OC)C#C1)(CC)CC. The Balaban J connectivity index is 5.98. The fourth-order valence-corrected chi connectivity index (χ4v) is 24.8. The van der Waals surface area contributed by atoms with Gasteiger partial charge in [-0.15, -0.1) is 33.3 Å². The van der Waals surface area contributed by atoms with E-state index in [2.05, 4.69) is 264 Å². The van der Waals surface area contributed by atoms with Crippen LogP contribution in [-0.2, 0) is 28.4 Å². The van der Waals surface area contributed by atoms with E-state index in [0.29, 0.717) is 0 Å². The van der Waals surface area contributed by atoms with Crippen molar-refractivity contribution in [1.82, 2.24) is 0 Å². The zero-order valence-corrected chi connectivity index (χ0v) is 63.2. The molecule has 0 unspecified atom stereocenters. The molecule has 6 nitrogen and oxygen atoms in total. The van der Waals surface area contributed by atoms with Crippen LogP contribution in [0.3, 0.4) is 0 Å². The van der Waals surface area contributed by atoms with Crippen molar-refractivity contribution in [3.8, 4) is 140 Å². The highest BCUT2D eigenvalue weighted by molar-refractivity contribution is 6.89. The Hall–Kier alpha value is -4.22. The van der Waals surface area contributed by atoms with E-state index in [4.69, 9.17) is 28.4 Å². The number of hydrogen-bond acceptors (Lipinski definition) is 6. The van der Waals surface area contributed by atoms with Gasteiger partial charge in [0.2, 0.25) is 0 Å². The molecule has 0 N–H and O–H groups in total. The predicted molar refractivity (Wildman–Crippen MR) is 375 cm³/mol. The van der Waals surface area contributed by atoms with Crippen molar-refractivity contribution in [1.29, 1.82) is 0 Å². The maximum Gasteiger partial charge on any atom is 0.253 e. The molecule has 0 radical (unpaired) electrons. The van der Waals surface area contributed by atoms with E-state index >= 15 is 0 Å². The lowest BCUT2D eigenvalue weighted by molar-refractivity contribution is 0.121.